The smallest absolute Gasteiger partial charge is 0.339 e. The van der Waals surface area contributed by atoms with Gasteiger partial charge in [0.15, 0.2) is 0 Å². The number of nitrogens with zero attached hydrogens (tertiary/aromatic N) is 1. The highest BCUT2D eigenvalue weighted by Crippen LogP contribution is 2.24. The number of hydrogen-bond acceptors (Lipinski definition) is 4. The minimum Gasteiger partial charge on any atom is -0.379 e. The molecule has 0 saturated heterocycles. The molecule has 0 unspecified atom stereocenters. The zero-order valence-corrected chi connectivity index (χ0v) is 13.6. The fraction of sp³-hybridized carbons (Fsp3) is 0.188. The largest absolute Gasteiger partial charge is 0.379 e. The van der Waals surface area contributed by atoms with Crippen LogP contribution < -0.4 is 4.18 Å². The molecule has 0 spiro atoms. The Balaban J connectivity index is 2.28. The number of benzene rings is 2. The standard InChI is InChI=1S/C16H14ClNO3S/c1-11(2)12-3-6-14(7-4-12)21-22(19,20)15-8-5-13(10-18)16(17)9-15/h3-9,11H,1-2H3. The van der Waals surface area contributed by atoms with Crippen LogP contribution >= 0.6 is 11.6 Å². The van der Waals surface area contributed by atoms with Crippen LogP contribution in [0.5, 0.6) is 5.75 Å². The predicted octanol–water partition coefficient (Wildman–Crippen LogP) is 4.10. The number of halogens is 1. The number of hydrogen-bond donors (Lipinski definition) is 0. The van der Waals surface area contributed by atoms with Crippen molar-refractivity contribution in [3.05, 3.63) is 58.6 Å². The maximum atomic E-state index is 12.2. The molecule has 2 aromatic rings. The van der Waals surface area contributed by atoms with E-state index in [0.29, 0.717) is 5.92 Å². The summed E-state index contributed by atoms with van der Waals surface area (Å²) in [5, 5.41) is 8.87. The Hall–Kier alpha value is -2.03. The lowest BCUT2D eigenvalue weighted by molar-refractivity contribution is 0.486. The van der Waals surface area contributed by atoms with Gasteiger partial charge in [0.25, 0.3) is 0 Å². The summed E-state index contributed by atoms with van der Waals surface area (Å²) in [6, 6.07) is 12.6. The molecule has 22 heavy (non-hydrogen) atoms. The second kappa shape index (κ2) is 6.39. The molecule has 0 atom stereocenters. The van der Waals surface area contributed by atoms with E-state index in [1.807, 2.05) is 32.0 Å². The lowest BCUT2D eigenvalue weighted by Crippen LogP contribution is -2.10. The van der Waals surface area contributed by atoms with Crippen molar-refractivity contribution in [2.24, 2.45) is 0 Å². The third-order valence-corrected chi connectivity index (χ3v) is 4.66. The Morgan fingerprint density at radius 3 is 2.27 bits per heavy atom. The highest BCUT2D eigenvalue weighted by atomic mass is 35.5. The molecule has 0 aromatic heterocycles. The lowest BCUT2D eigenvalue weighted by atomic mass is 10.0. The molecule has 0 fully saturated rings. The molecule has 0 N–H and O–H groups in total. The van der Waals surface area contributed by atoms with Crippen LogP contribution in [0.3, 0.4) is 0 Å². The van der Waals surface area contributed by atoms with Crippen LogP contribution in [0, 0.1) is 11.3 Å². The van der Waals surface area contributed by atoms with E-state index in [-0.39, 0.29) is 21.2 Å². The SMILES string of the molecule is CC(C)c1ccc(OS(=O)(=O)c2ccc(C#N)c(Cl)c2)cc1. The normalized spacial score (nSPS) is 11.2. The van der Waals surface area contributed by atoms with Gasteiger partial charge in [-0.2, -0.15) is 13.7 Å². The van der Waals surface area contributed by atoms with Crippen LogP contribution in [0.25, 0.3) is 0 Å². The Morgan fingerprint density at radius 2 is 1.77 bits per heavy atom. The van der Waals surface area contributed by atoms with Gasteiger partial charge in [0.05, 0.1) is 10.6 Å². The van der Waals surface area contributed by atoms with E-state index in [2.05, 4.69) is 0 Å². The molecular weight excluding hydrogens is 322 g/mol. The van der Waals surface area contributed by atoms with Crippen molar-refractivity contribution in [3.8, 4) is 11.8 Å². The van der Waals surface area contributed by atoms with Gasteiger partial charge < -0.3 is 4.18 Å². The van der Waals surface area contributed by atoms with Gasteiger partial charge in [-0.15, -0.1) is 0 Å². The van der Waals surface area contributed by atoms with Crippen LogP contribution in [-0.4, -0.2) is 8.42 Å². The fourth-order valence-electron chi connectivity index (χ4n) is 1.83. The summed E-state index contributed by atoms with van der Waals surface area (Å²) >= 11 is 5.85. The van der Waals surface area contributed by atoms with Gasteiger partial charge in [0.1, 0.15) is 16.7 Å². The molecule has 0 radical (unpaired) electrons. The molecule has 2 aromatic carbocycles. The van der Waals surface area contributed by atoms with Crippen LogP contribution in [0.4, 0.5) is 0 Å². The van der Waals surface area contributed by atoms with Gasteiger partial charge in [-0.3, -0.25) is 0 Å². The summed E-state index contributed by atoms with van der Waals surface area (Å²) in [5.41, 5.74) is 1.30. The first-order valence-electron chi connectivity index (χ1n) is 6.57. The minimum absolute atomic E-state index is 0.0716. The molecule has 6 heteroatoms. The molecule has 0 aliphatic carbocycles. The summed E-state index contributed by atoms with van der Waals surface area (Å²) in [6.07, 6.45) is 0. The highest BCUT2D eigenvalue weighted by Gasteiger charge is 2.18. The summed E-state index contributed by atoms with van der Waals surface area (Å²) in [4.78, 5) is -0.0931. The second-order valence-corrected chi connectivity index (χ2v) is 6.97. The van der Waals surface area contributed by atoms with Crippen LogP contribution in [-0.2, 0) is 10.1 Å². The average Bonchev–Trinajstić information content (AvgIpc) is 2.47. The van der Waals surface area contributed by atoms with E-state index in [4.69, 9.17) is 21.0 Å². The van der Waals surface area contributed by atoms with E-state index < -0.39 is 10.1 Å². The fourth-order valence-corrected chi connectivity index (χ4v) is 3.07. The van der Waals surface area contributed by atoms with E-state index in [1.165, 1.54) is 18.2 Å². The Morgan fingerprint density at radius 1 is 1.14 bits per heavy atom. The first kappa shape index (κ1) is 16.3. The van der Waals surface area contributed by atoms with Gasteiger partial charge >= 0.3 is 10.1 Å². The maximum absolute atomic E-state index is 12.2. The second-order valence-electron chi connectivity index (χ2n) is 5.01. The van der Waals surface area contributed by atoms with Gasteiger partial charge in [-0.1, -0.05) is 37.6 Å². The van der Waals surface area contributed by atoms with Gasteiger partial charge in [0.2, 0.25) is 0 Å². The zero-order chi connectivity index (χ0) is 16.3. The van der Waals surface area contributed by atoms with Gasteiger partial charge in [-0.25, -0.2) is 0 Å². The summed E-state index contributed by atoms with van der Waals surface area (Å²) in [6.45, 7) is 4.09. The maximum Gasteiger partial charge on any atom is 0.339 e. The molecular formula is C16H14ClNO3S. The minimum atomic E-state index is -3.99. The van der Waals surface area contributed by atoms with Crippen LogP contribution in [0.15, 0.2) is 47.4 Å². The van der Waals surface area contributed by atoms with Gasteiger partial charge in [-0.05, 0) is 41.8 Å². The molecule has 0 aliphatic rings. The number of rotatable bonds is 4. The molecule has 2 rings (SSSR count). The predicted molar refractivity (Wildman–Crippen MR) is 84.5 cm³/mol. The van der Waals surface area contributed by atoms with Crippen molar-refractivity contribution in [1.82, 2.24) is 0 Å². The molecule has 114 valence electrons. The quantitative estimate of drug-likeness (QED) is 0.789. The van der Waals surface area contributed by atoms with Crippen molar-refractivity contribution < 1.29 is 12.6 Å². The monoisotopic (exact) mass is 335 g/mol. The van der Waals surface area contributed by atoms with Crippen molar-refractivity contribution in [1.29, 1.82) is 5.26 Å². The number of nitriles is 1. The van der Waals surface area contributed by atoms with E-state index in [1.54, 1.807) is 12.1 Å². The zero-order valence-electron chi connectivity index (χ0n) is 12.1. The summed E-state index contributed by atoms with van der Waals surface area (Å²) in [7, 11) is -3.99. The summed E-state index contributed by atoms with van der Waals surface area (Å²) in [5.74, 6) is 0.577. The highest BCUT2D eigenvalue weighted by molar-refractivity contribution is 7.87. The van der Waals surface area contributed by atoms with Gasteiger partial charge in [0, 0.05) is 0 Å². The third-order valence-electron chi connectivity index (χ3n) is 3.10. The molecule has 0 amide bonds. The first-order chi connectivity index (χ1) is 10.3. The first-order valence-corrected chi connectivity index (χ1v) is 8.36. The molecule has 0 heterocycles. The Kier molecular flexibility index (Phi) is 4.74. The Labute approximate surface area is 135 Å². The molecule has 4 nitrogen and oxygen atoms in total. The van der Waals surface area contributed by atoms with E-state index in [9.17, 15) is 8.42 Å². The van der Waals surface area contributed by atoms with E-state index in [0.717, 1.165) is 5.56 Å². The van der Waals surface area contributed by atoms with Crippen molar-refractivity contribution in [3.63, 3.8) is 0 Å². The van der Waals surface area contributed by atoms with Crippen LogP contribution in [0.1, 0.15) is 30.9 Å². The third kappa shape index (κ3) is 3.59. The molecule has 0 aliphatic heterocycles. The van der Waals surface area contributed by atoms with Crippen molar-refractivity contribution >= 4 is 21.7 Å². The molecule has 0 bridgehead atoms. The van der Waals surface area contributed by atoms with Crippen LogP contribution in [0.2, 0.25) is 5.02 Å². The average molecular weight is 336 g/mol. The Bertz CT molecular complexity index is 821. The van der Waals surface area contributed by atoms with Crippen molar-refractivity contribution in [2.45, 2.75) is 24.7 Å². The lowest BCUT2D eigenvalue weighted by Gasteiger charge is -2.09. The van der Waals surface area contributed by atoms with Crippen molar-refractivity contribution in [2.75, 3.05) is 0 Å². The summed E-state index contributed by atoms with van der Waals surface area (Å²) < 4.78 is 29.5. The van der Waals surface area contributed by atoms with E-state index >= 15 is 0 Å². The topological polar surface area (TPSA) is 67.2 Å². The molecule has 0 saturated carbocycles.